The summed E-state index contributed by atoms with van der Waals surface area (Å²) in [5, 5.41) is 51.5. The molecule has 0 rings (SSSR count). The normalized spacial score (nSPS) is 12.4. The Kier molecular flexibility index (Phi) is 3.21. The van der Waals surface area contributed by atoms with Crippen LogP contribution in [0.3, 0.4) is 0 Å². The maximum atomic E-state index is 8.59. The summed E-state index contributed by atoms with van der Waals surface area (Å²) in [4.78, 5) is 6.31. The van der Waals surface area contributed by atoms with E-state index >= 15 is 0 Å². The Morgan fingerprint density at radius 1 is 0.500 bits per heavy atom. The molecule has 0 aliphatic rings. The minimum Gasteiger partial charge on any atom is 4.00 e. The average molecular weight is 259 g/mol. The second-order valence-corrected chi connectivity index (χ2v) is 8.57. The van der Waals surface area contributed by atoms with E-state index in [1.807, 2.05) is 0 Å². The van der Waals surface area contributed by atoms with Gasteiger partial charge in [0.05, 0.1) is 0 Å². The number of hydrogen-bond donors (Lipinski definition) is 0. The van der Waals surface area contributed by atoms with Gasteiger partial charge >= 0.3 is 90.7 Å². The van der Waals surface area contributed by atoms with Gasteiger partial charge in [0.15, 0.2) is 0 Å². The molecule has 0 amide bonds. The fourth-order valence-electron chi connectivity index (χ4n) is 0.306. The van der Waals surface area contributed by atoms with Crippen LogP contribution >= 0.6 is 0 Å². The molecule has 0 atom stereocenters. The van der Waals surface area contributed by atoms with Crippen molar-refractivity contribution in [2.24, 2.45) is 0 Å². The third-order valence-corrected chi connectivity index (χ3v) is 5.65. The molecule has 0 fully saturated rings. The van der Waals surface area contributed by atoms with Crippen molar-refractivity contribution in [3.05, 3.63) is 0 Å². The van der Waals surface area contributed by atoms with Gasteiger partial charge in [-0.2, -0.15) is 0 Å². The van der Waals surface area contributed by atoms with Crippen molar-refractivity contribution in [1.29, 1.82) is 31.6 Å². The third-order valence-electron chi connectivity index (χ3n) is 1.37. The molecule has 0 spiro atoms. The van der Waals surface area contributed by atoms with Gasteiger partial charge in [0, 0.05) is 0 Å². The fraction of sp³-hybridized carbons (Fsp3) is 0. The van der Waals surface area contributed by atoms with Crippen molar-refractivity contribution in [2.45, 2.75) is 0 Å². The standard InChI is InChI=1S/6CN.Cr.V/c6*1-2;;/q;;;;;;-4;+4. The molecule has 0 heterocycles. The maximum Gasteiger partial charge on any atom is 4.00 e. The SMILES string of the molecule is N#[C][Cr-4]([C]#N)([C]#N)([C]#N)([C]#N)[C]#N.[V+4]. The van der Waals surface area contributed by atoms with Crippen LogP contribution in [0, 0.1) is 61.2 Å². The van der Waals surface area contributed by atoms with Crippen molar-refractivity contribution in [2.75, 3.05) is 0 Å². The molecule has 0 saturated carbocycles. The molecular formula is C6CrN6V. The van der Waals surface area contributed by atoms with E-state index in [1.54, 1.807) is 0 Å². The molecule has 0 aromatic carbocycles. The van der Waals surface area contributed by atoms with E-state index < -0.39 is 10.9 Å². The topological polar surface area (TPSA) is 143 Å². The van der Waals surface area contributed by atoms with Crippen molar-refractivity contribution in [1.82, 2.24) is 0 Å². The zero-order chi connectivity index (χ0) is 10.7. The van der Waals surface area contributed by atoms with Crippen molar-refractivity contribution in [3.63, 3.8) is 0 Å². The molecule has 0 N–H and O–H groups in total. The Morgan fingerprint density at radius 3 is 0.643 bits per heavy atom. The molecule has 8 heteroatoms. The zero-order valence-corrected chi connectivity index (χ0v) is 9.21. The van der Waals surface area contributed by atoms with Gasteiger partial charge in [-0.05, 0) is 0 Å². The minimum absolute atomic E-state index is 0. The molecule has 0 aliphatic carbocycles. The predicted molar refractivity (Wildman–Crippen MR) is 33.7 cm³/mol. The molecule has 0 saturated heterocycles. The summed E-state index contributed by atoms with van der Waals surface area (Å²) in [5.74, 6) is 0. The first kappa shape index (κ1) is 14.6. The zero-order valence-electron chi connectivity index (χ0n) is 6.54. The summed E-state index contributed by atoms with van der Waals surface area (Å²) in [5.41, 5.74) is 0. The first-order valence-corrected chi connectivity index (χ1v) is 6.39. The number of nitriles is 6. The molecule has 0 aliphatic heterocycles. The Bertz CT molecular complexity index is 392. The second kappa shape index (κ2) is 3.08. The van der Waals surface area contributed by atoms with Gasteiger partial charge in [0.1, 0.15) is 0 Å². The molecule has 0 bridgehead atoms. The van der Waals surface area contributed by atoms with Crippen LogP contribution in [0.2, 0.25) is 0 Å². The number of hydrogen-bond acceptors (Lipinski definition) is 6. The molecule has 0 aromatic rings. The first-order valence-electron chi connectivity index (χ1n) is 2.57. The van der Waals surface area contributed by atoms with E-state index in [0.29, 0.717) is 0 Å². The van der Waals surface area contributed by atoms with Gasteiger partial charge < -0.3 is 0 Å². The van der Waals surface area contributed by atoms with Gasteiger partial charge in [0.2, 0.25) is 0 Å². The van der Waals surface area contributed by atoms with E-state index in [1.165, 1.54) is 0 Å². The van der Waals surface area contributed by atoms with Gasteiger partial charge in [-0.1, -0.05) is 0 Å². The molecule has 0 unspecified atom stereocenters. The van der Waals surface area contributed by atoms with Crippen LogP contribution in [0.1, 0.15) is 0 Å². The van der Waals surface area contributed by atoms with Crippen LogP contribution in [-0.2, 0) is 29.5 Å². The van der Waals surface area contributed by atoms with Crippen LogP contribution in [0.15, 0.2) is 0 Å². The average Bonchev–Trinajstić information content (AvgIpc) is 2.26. The van der Waals surface area contributed by atoms with E-state index in [-0.39, 0.29) is 18.6 Å². The van der Waals surface area contributed by atoms with Gasteiger partial charge in [0.25, 0.3) is 0 Å². The summed E-state index contributed by atoms with van der Waals surface area (Å²) in [6, 6.07) is 0. The van der Waals surface area contributed by atoms with Gasteiger partial charge in [-0.3, -0.25) is 0 Å². The molecule has 65 valence electrons. The van der Waals surface area contributed by atoms with E-state index in [4.69, 9.17) is 31.6 Å². The van der Waals surface area contributed by atoms with Gasteiger partial charge in [-0.15, -0.1) is 0 Å². The molecule has 14 heavy (non-hydrogen) atoms. The molecule has 1 radical (unpaired) electrons. The van der Waals surface area contributed by atoms with Crippen molar-refractivity contribution < 1.29 is 29.5 Å². The maximum absolute atomic E-state index is 8.59. The van der Waals surface area contributed by atoms with Crippen molar-refractivity contribution >= 4 is 0 Å². The minimum atomic E-state index is -6.43. The fourth-order valence-corrected chi connectivity index (χ4v) is 1.26. The number of nitrogens with zero attached hydrogens (tertiary/aromatic N) is 6. The molecule has 0 aromatic heterocycles. The van der Waals surface area contributed by atoms with Crippen LogP contribution in [0.25, 0.3) is 0 Å². The monoisotopic (exact) mass is 259 g/mol. The van der Waals surface area contributed by atoms with Crippen LogP contribution < -0.4 is 0 Å². The Balaban J connectivity index is 0. The van der Waals surface area contributed by atoms with E-state index in [9.17, 15) is 0 Å². The molecule has 6 nitrogen and oxygen atoms in total. The summed E-state index contributed by atoms with van der Waals surface area (Å²) >= 11 is 0. The van der Waals surface area contributed by atoms with E-state index in [0.717, 1.165) is 29.6 Å². The van der Waals surface area contributed by atoms with Crippen molar-refractivity contribution in [3.8, 4) is 29.6 Å². The Labute approximate surface area is 90.6 Å². The number of rotatable bonds is 0. The Hall–Kier alpha value is -1.94. The third kappa shape index (κ3) is 1.05. The van der Waals surface area contributed by atoms with Crippen LogP contribution in [0.4, 0.5) is 0 Å². The Morgan fingerprint density at radius 2 is 0.643 bits per heavy atom. The summed E-state index contributed by atoms with van der Waals surface area (Å²) in [7, 11) is -6.43. The summed E-state index contributed by atoms with van der Waals surface area (Å²) in [6.07, 6.45) is 0. The largest absolute Gasteiger partial charge is 4.00 e. The van der Waals surface area contributed by atoms with E-state index in [2.05, 4.69) is 0 Å². The summed E-state index contributed by atoms with van der Waals surface area (Å²) in [6.45, 7) is 0. The smallest absolute Gasteiger partial charge is 4.00 e. The quantitative estimate of drug-likeness (QED) is 0.603. The van der Waals surface area contributed by atoms with Crippen LogP contribution in [-0.4, -0.2) is 0 Å². The summed E-state index contributed by atoms with van der Waals surface area (Å²) < 4.78 is 0. The second-order valence-electron chi connectivity index (χ2n) is 2.08. The predicted octanol–water partition coefficient (Wildman–Crippen LogP) is 0.0957. The van der Waals surface area contributed by atoms with Crippen LogP contribution in [0.5, 0.6) is 0 Å². The van der Waals surface area contributed by atoms with Gasteiger partial charge in [-0.25, -0.2) is 0 Å². The first-order chi connectivity index (χ1) is 5.97. The molecular weight excluding hydrogens is 259 g/mol.